The quantitative estimate of drug-likeness (QED) is 0.441. The van der Waals surface area contributed by atoms with Gasteiger partial charge in [0, 0.05) is 22.7 Å². The van der Waals surface area contributed by atoms with Crippen LogP contribution in [0.5, 0.6) is 0 Å². The smallest absolute Gasteiger partial charge is 0.158 e. The van der Waals surface area contributed by atoms with Crippen LogP contribution in [0.2, 0.25) is 0 Å². The molecule has 0 fully saturated rings. The van der Waals surface area contributed by atoms with Crippen molar-refractivity contribution in [2.45, 2.75) is 19.4 Å². The first kappa shape index (κ1) is 16.9. The van der Waals surface area contributed by atoms with Crippen LogP contribution in [0.25, 0.3) is 10.2 Å². The van der Waals surface area contributed by atoms with Crippen molar-refractivity contribution in [1.29, 1.82) is 0 Å². The summed E-state index contributed by atoms with van der Waals surface area (Å²) in [5, 5.41) is 20.3. The van der Waals surface area contributed by atoms with Crippen LogP contribution in [0.15, 0.2) is 22.9 Å². The average Bonchev–Trinajstić information content (AvgIpc) is 3.21. The van der Waals surface area contributed by atoms with Crippen molar-refractivity contribution < 1.29 is 5.11 Å². The van der Waals surface area contributed by atoms with Gasteiger partial charge in [-0.1, -0.05) is 6.92 Å². The van der Waals surface area contributed by atoms with E-state index < -0.39 is 0 Å². The molecule has 3 rings (SSSR count). The molecule has 0 aliphatic heterocycles. The third-order valence-corrected chi connectivity index (χ3v) is 5.48. The van der Waals surface area contributed by atoms with Gasteiger partial charge in [0.1, 0.15) is 16.2 Å². The Morgan fingerprint density at radius 3 is 3.08 bits per heavy atom. The van der Waals surface area contributed by atoms with E-state index in [9.17, 15) is 5.11 Å². The molecule has 0 saturated carbocycles. The molecule has 0 amide bonds. The summed E-state index contributed by atoms with van der Waals surface area (Å²) < 4.78 is 0. The lowest BCUT2D eigenvalue weighted by Crippen LogP contribution is -2.05. The van der Waals surface area contributed by atoms with Crippen LogP contribution < -0.4 is 10.7 Å². The molecule has 0 radical (unpaired) electrons. The van der Waals surface area contributed by atoms with Crippen LogP contribution in [-0.2, 0) is 6.54 Å². The van der Waals surface area contributed by atoms with Crippen molar-refractivity contribution in [1.82, 2.24) is 20.3 Å². The van der Waals surface area contributed by atoms with Gasteiger partial charge in [-0.15, -0.1) is 22.7 Å². The van der Waals surface area contributed by atoms with Crippen LogP contribution in [0.4, 0.5) is 5.82 Å². The highest BCUT2D eigenvalue weighted by atomic mass is 32.1. The van der Waals surface area contributed by atoms with Crippen LogP contribution >= 0.6 is 22.7 Å². The number of hydrazone groups is 1. The molecule has 3 aromatic heterocycles. The summed E-state index contributed by atoms with van der Waals surface area (Å²) in [6.45, 7) is 2.83. The Morgan fingerprint density at radius 2 is 2.29 bits per heavy atom. The predicted molar refractivity (Wildman–Crippen MR) is 99.0 cm³/mol. The summed E-state index contributed by atoms with van der Waals surface area (Å²) in [6, 6.07) is 2.01. The number of anilines is 1. The second-order valence-electron chi connectivity index (χ2n) is 5.25. The molecule has 3 aromatic rings. The number of rotatable bonds is 7. The van der Waals surface area contributed by atoms with E-state index in [2.05, 4.69) is 30.8 Å². The number of nitrogens with one attached hydrogen (secondary N) is 2. The fourth-order valence-electron chi connectivity index (χ4n) is 2.09. The third kappa shape index (κ3) is 3.75. The van der Waals surface area contributed by atoms with Crippen LogP contribution in [-0.4, -0.2) is 39.9 Å². The van der Waals surface area contributed by atoms with E-state index in [1.165, 1.54) is 6.33 Å². The maximum Gasteiger partial charge on any atom is 0.158 e. The molecule has 0 aliphatic rings. The fourth-order valence-corrected chi connectivity index (χ4v) is 3.81. The normalized spacial score (nSPS) is 13.0. The lowest BCUT2D eigenvalue weighted by Gasteiger charge is -2.01. The third-order valence-electron chi connectivity index (χ3n) is 3.38. The summed E-state index contributed by atoms with van der Waals surface area (Å²) in [5.41, 5.74) is 3.96. The molecular formula is C15H18N6OS2. The fraction of sp³-hybridized carbons (Fsp3) is 0.333. The average molecular weight is 362 g/mol. The number of hydrogen-bond acceptors (Lipinski definition) is 9. The van der Waals surface area contributed by atoms with E-state index in [1.807, 2.05) is 25.4 Å². The number of aliphatic hydroxyl groups is 1. The minimum Gasteiger partial charge on any atom is -0.396 e. The first-order valence-electron chi connectivity index (χ1n) is 7.44. The van der Waals surface area contributed by atoms with Crippen LogP contribution in [0, 0.1) is 0 Å². The molecule has 0 aromatic carbocycles. The van der Waals surface area contributed by atoms with E-state index in [0.717, 1.165) is 32.3 Å². The van der Waals surface area contributed by atoms with Crippen molar-refractivity contribution in [3.63, 3.8) is 0 Å². The van der Waals surface area contributed by atoms with Gasteiger partial charge in [0.15, 0.2) is 5.82 Å². The maximum absolute atomic E-state index is 9.31. The van der Waals surface area contributed by atoms with E-state index in [4.69, 9.17) is 0 Å². The number of thiophene rings is 1. The molecule has 3 N–H and O–H groups in total. The van der Waals surface area contributed by atoms with Crippen molar-refractivity contribution in [2.75, 3.05) is 19.1 Å². The van der Waals surface area contributed by atoms with Gasteiger partial charge in [0.2, 0.25) is 0 Å². The van der Waals surface area contributed by atoms with Gasteiger partial charge in [-0.2, -0.15) is 5.10 Å². The lowest BCUT2D eigenvalue weighted by molar-refractivity contribution is 0.274. The van der Waals surface area contributed by atoms with Crippen LogP contribution in [0.3, 0.4) is 0 Å². The first-order valence-corrected chi connectivity index (χ1v) is 9.14. The van der Waals surface area contributed by atoms with Gasteiger partial charge in [-0.25, -0.2) is 15.0 Å². The van der Waals surface area contributed by atoms with Gasteiger partial charge in [0.05, 0.1) is 23.9 Å². The molecular weight excluding hydrogens is 344 g/mol. The number of thiazole rings is 1. The zero-order valence-electron chi connectivity index (χ0n) is 13.4. The Labute approximate surface area is 147 Å². The molecule has 1 atom stereocenters. The highest BCUT2D eigenvalue weighted by Gasteiger charge is 2.12. The van der Waals surface area contributed by atoms with E-state index in [1.54, 1.807) is 28.9 Å². The van der Waals surface area contributed by atoms with E-state index in [0.29, 0.717) is 5.82 Å². The second kappa shape index (κ2) is 7.75. The highest BCUT2D eigenvalue weighted by molar-refractivity contribution is 7.18. The van der Waals surface area contributed by atoms with Gasteiger partial charge < -0.3 is 10.4 Å². The molecule has 7 nitrogen and oxygen atoms in total. The molecule has 9 heteroatoms. The number of fused-ring (bicyclic) bond motifs is 1. The minimum atomic E-state index is 0.0847. The first-order chi connectivity index (χ1) is 11.7. The monoisotopic (exact) mass is 362 g/mol. The molecule has 24 heavy (non-hydrogen) atoms. The number of hydrogen-bond donors (Lipinski definition) is 3. The zero-order valence-corrected chi connectivity index (χ0v) is 15.0. The summed E-state index contributed by atoms with van der Waals surface area (Å²) in [4.78, 5) is 14.9. The Kier molecular flexibility index (Phi) is 5.46. The van der Waals surface area contributed by atoms with Gasteiger partial charge in [-0.05, 0) is 13.1 Å². The van der Waals surface area contributed by atoms with Crippen molar-refractivity contribution >= 4 is 44.9 Å². The topological polar surface area (TPSA) is 95.3 Å². The minimum absolute atomic E-state index is 0.0847. The standard InChI is InChI=1S/C15H18N6OS2/c1-9(6-22)12-3-11-14(17-8-18-15(11)24-12)21-19-5-13-20-10(4-16-2)7-23-13/h3,5,7-9,16,22H,4,6H2,1-2H3,(H,17,18,21). The Morgan fingerprint density at radius 1 is 1.42 bits per heavy atom. The molecule has 0 bridgehead atoms. The molecule has 0 aliphatic carbocycles. The van der Waals surface area contributed by atoms with Crippen molar-refractivity contribution in [3.8, 4) is 0 Å². The number of aromatic nitrogens is 3. The summed E-state index contributed by atoms with van der Waals surface area (Å²) >= 11 is 3.10. The van der Waals surface area contributed by atoms with Gasteiger partial charge in [0.25, 0.3) is 0 Å². The molecule has 0 saturated heterocycles. The molecule has 1 unspecified atom stereocenters. The number of aliphatic hydroxyl groups excluding tert-OH is 1. The van der Waals surface area contributed by atoms with Crippen molar-refractivity contribution in [2.24, 2.45) is 5.10 Å². The van der Waals surface area contributed by atoms with Crippen molar-refractivity contribution in [3.05, 3.63) is 33.4 Å². The zero-order chi connectivity index (χ0) is 16.9. The molecule has 0 spiro atoms. The second-order valence-corrected chi connectivity index (χ2v) is 7.20. The highest BCUT2D eigenvalue weighted by Crippen LogP contribution is 2.32. The summed E-state index contributed by atoms with van der Waals surface area (Å²) in [5.74, 6) is 0.734. The number of nitrogens with zero attached hydrogens (tertiary/aromatic N) is 4. The SMILES string of the molecule is CNCc1csc(C=NNc2ncnc3sc(C(C)CO)cc23)n1. The van der Waals surface area contributed by atoms with Gasteiger partial charge >= 0.3 is 0 Å². The predicted octanol–water partition coefficient (Wildman–Crippen LogP) is 2.41. The largest absolute Gasteiger partial charge is 0.396 e. The molecule has 3 heterocycles. The Balaban J connectivity index is 1.76. The van der Waals surface area contributed by atoms with Gasteiger partial charge in [-0.3, -0.25) is 5.43 Å². The Bertz CT molecular complexity index is 843. The maximum atomic E-state index is 9.31. The van der Waals surface area contributed by atoms with E-state index >= 15 is 0 Å². The summed E-state index contributed by atoms with van der Waals surface area (Å²) in [7, 11) is 1.89. The Hall–Kier alpha value is -1.94. The van der Waals surface area contributed by atoms with Crippen LogP contribution in [0.1, 0.15) is 28.4 Å². The summed E-state index contributed by atoms with van der Waals surface area (Å²) in [6.07, 6.45) is 3.19. The molecule has 126 valence electrons. The van der Waals surface area contributed by atoms with E-state index in [-0.39, 0.29) is 12.5 Å². The lowest BCUT2D eigenvalue weighted by atomic mass is 10.1.